The van der Waals surface area contributed by atoms with Gasteiger partial charge in [0, 0.05) is 32.0 Å². The number of aromatic nitrogens is 6. The minimum atomic E-state index is -1.09. The Labute approximate surface area is 171 Å². The van der Waals surface area contributed by atoms with Crippen molar-refractivity contribution in [2.45, 2.75) is 25.5 Å². The number of carboxylic acid groups (broad SMARTS) is 1. The summed E-state index contributed by atoms with van der Waals surface area (Å²) in [5, 5.41) is 23.9. The van der Waals surface area contributed by atoms with Crippen LogP contribution >= 0.6 is 15.9 Å². The van der Waals surface area contributed by atoms with Crippen molar-refractivity contribution in [2.75, 3.05) is 18.0 Å². The second kappa shape index (κ2) is 8.11. The second-order valence-corrected chi connectivity index (χ2v) is 7.17. The zero-order valence-electron chi connectivity index (χ0n) is 14.9. The molecular formula is C16H15BrFN7O4. The van der Waals surface area contributed by atoms with Crippen molar-refractivity contribution >= 4 is 27.8 Å². The van der Waals surface area contributed by atoms with Gasteiger partial charge in [-0.05, 0) is 38.4 Å². The lowest BCUT2D eigenvalue weighted by Gasteiger charge is -2.31. The summed E-state index contributed by atoms with van der Waals surface area (Å²) in [5.41, 5.74) is 0. The van der Waals surface area contributed by atoms with E-state index in [1.54, 1.807) is 6.07 Å². The van der Waals surface area contributed by atoms with Crippen LogP contribution in [0.1, 0.15) is 12.8 Å². The molecule has 13 heteroatoms. The number of benzene rings is 1. The summed E-state index contributed by atoms with van der Waals surface area (Å²) in [7, 11) is 0. The van der Waals surface area contributed by atoms with E-state index in [0.29, 0.717) is 42.1 Å². The maximum atomic E-state index is 13.4. The predicted molar refractivity (Wildman–Crippen MR) is 98.7 cm³/mol. The summed E-state index contributed by atoms with van der Waals surface area (Å²) >= 11 is 3.36. The van der Waals surface area contributed by atoms with Crippen molar-refractivity contribution in [2.24, 2.45) is 0 Å². The molecule has 0 atom stereocenters. The van der Waals surface area contributed by atoms with E-state index in [1.807, 2.05) is 4.90 Å². The van der Waals surface area contributed by atoms with Crippen LogP contribution in [0.15, 0.2) is 27.2 Å². The molecule has 3 heterocycles. The Bertz CT molecular complexity index is 1020. The standard InChI is InChI=1S/C16H15BrFN7O4/c17-11-2-1-9(18)7-12(11)28-10-3-5-24(6-4-10)16-19-15(29-22-16)14-20-23-25(21-14)8-13(26)27/h1-2,7,10H,3-6,8H2,(H,26,27). The Morgan fingerprint density at radius 2 is 2.17 bits per heavy atom. The zero-order valence-corrected chi connectivity index (χ0v) is 16.5. The molecule has 1 aliphatic heterocycles. The third-order valence-corrected chi connectivity index (χ3v) is 4.90. The lowest BCUT2D eigenvalue weighted by molar-refractivity contribution is -0.138. The topological polar surface area (TPSA) is 132 Å². The third kappa shape index (κ3) is 4.50. The Kier molecular flexibility index (Phi) is 5.38. The van der Waals surface area contributed by atoms with Gasteiger partial charge in [0.05, 0.1) is 4.47 Å². The van der Waals surface area contributed by atoms with Gasteiger partial charge in [0.2, 0.25) is 0 Å². The molecule has 1 aliphatic rings. The van der Waals surface area contributed by atoms with Crippen LogP contribution < -0.4 is 9.64 Å². The van der Waals surface area contributed by atoms with Gasteiger partial charge in [-0.15, -0.1) is 10.2 Å². The molecule has 1 N–H and O–H groups in total. The Balaban J connectivity index is 1.36. The quantitative estimate of drug-likeness (QED) is 0.571. The number of halogens is 2. The van der Waals surface area contributed by atoms with Gasteiger partial charge in [0.1, 0.15) is 17.7 Å². The first-order chi connectivity index (χ1) is 14.0. The van der Waals surface area contributed by atoms with E-state index < -0.39 is 12.5 Å². The molecule has 1 fully saturated rings. The summed E-state index contributed by atoms with van der Waals surface area (Å²) < 4.78 is 25.2. The van der Waals surface area contributed by atoms with Crippen molar-refractivity contribution in [3.63, 3.8) is 0 Å². The maximum absolute atomic E-state index is 13.4. The molecule has 0 amide bonds. The third-order valence-electron chi connectivity index (χ3n) is 4.25. The van der Waals surface area contributed by atoms with Crippen molar-refractivity contribution in [1.29, 1.82) is 0 Å². The SMILES string of the molecule is O=C(O)Cn1nnc(-c2nc(N3CCC(Oc4cc(F)ccc4Br)CC3)no2)n1. The van der Waals surface area contributed by atoms with E-state index in [-0.39, 0.29) is 23.6 Å². The predicted octanol–water partition coefficient (Wildman–Crippen LogP) is 1.76. The lowest BCUT2D eigenvalue weighted by Crippen LogP contribution is -2.38. The van der Waals surface area contributed by atoms with Crippen LogP contribution in [0.2, 0.25) is 0 Å². The summed E-state index contributed by atoms with van der Waals surface area (Å²) in [6, 6.07) is 4.33. The minimum Gasteiger partial charge on any atom is -0.489 e. The van der Waals surface area contributed by atoms with Gasteiger partial charge in [0.25, 0.3) is 11.8 Å². The molecule has 0 saturated carbocycles. The van der Waals surface area contributed by atoms with Gasteiger partial charge in [-0.1, -0.05) is 0 Å². The van der Waals surface area contributed by atoms with Gasteiger partial charge in [-0.3, -0.25) is 4.79 Å². The van der Waals surface area contributed by atoms with Gasteiger partial charge in [0.15, 0.2) is 6.54 Å². The van der Waals surface area contributed by atoms with Crippen LogP contribution in [-0.2, 0) is 11.3 Å². The summed E-state index contributed by atoms with van der Waals surface area (Å²) in [6.45, 7) is 0.828. The van der Waals surface area contributed by atoms with Crippen molar-refractivity contribution in [3.8, 4) is 17.5 Å². The maximum Gasteiger partial charge on any atom is 0.327 e. The first-order valence-corrected chi connectivity index (χ1v) is 9.47. The number of ether oxygens (including phenoxy) is 1. The highest BCUT2D eigenvalue weighted by molar-refractivity contribution is 9.10. The molecule has 3 aromatic rings. The smallest absolute Gasteiger partial charge is 0.327 e. The van der Waals surface area contributed by atoms with Crippen LogP contribution in [-0.4, -0.2) is 60.6 Å². The van der Waals surface area contributed by atoms with Crippen molar-refractivity contribution in [3.05, 3.63) is 28.5 Å². The van der Waals surface area contributed by atoms with Gasteiger partial charge < -0.3 is 19.3 Å². The van der Waals surface area contributed by atoms with E-state index in [2.05, 4.69) is 41.5 Å². The molecule has 0 aliphatic carbocycles. The fourth-order valence-corrected chi connectivity index (χ4v) is 3.21. The fraction of sp³-hybridized carbons (Fsp3) is 0.375. The monoisotopic (exact) mass is 467 g/mol. The normalized spacial score (nSPS) is 14.9. The molecule has 11 nitrogen and oxygen atoms in total. The molecule has 29 heavy (non-hydrogen) atoms. The average molecular weight is 468 g/mol. The molecule has 0 radical (unpaired) electrons. The van der Waals surface area contributed by atoms with Crippen LogP contribution in [0.3, 0.4) is 0 Å². The van der Waals surface area contributed by atoms with Crippen molar-refractivity contribution in [1.82, 2.24) is 30.3 Å². The molecular weight excluding hydrogens is 453 g/mol. The highest BCUT2D eigenvalue weighted by Gasteiger charge is 2.25. The fourth-order valence-electron chi connectivity index (χ4n) is 2.87. The van der Waals surface area contributed by atoms with Crippen molar-refractivity contribution < 1.29 is 23.6 Å². The molecule has 152 valence electrons. The Morgan fingerprint density at radius 3 is 2.93 bits per heavy atom. The molecule has 4 rings (SSSR count). The molecule has 0 unspecified atom stereocenters. The van der Waals surface area contributed by atoms with Gasteiger partial charge in [-0.25, -0.2) is 4.39 Å². The summed E-state index contributed by atoms with van der Waals surface area (Å²) in [5.74, 6) is -0.483. The van der Waals surface area contributed by atoms with Gasteiger partial charge in [-0.2, -0.15) is 9.78 Å². The van der Waals surface area contributed by atoms with E-state index in [4.69, 9.17) is 14.4 Å². The number of nitrogens with zero attached hydrogens (tertiary/aromatic N) is 7. The minimum absolute atomic E-state index is 0.0544. The Morgan fingerprint density at radius 1 is 1.38 bits per heavy atom. The molecule has 2 aromatic heterocycles. The highest BCUT2D eigenvalue weighted by atomic mass is 79.9. The first-order valence-electron chi connectivity index (χ1n) is 8.68. The number of piperidine rings is 1. The van der Waals surface area contributed by atoms with Crippen LogP contribution in [0.4, 0.5) is 10.3 Å². The van der Waals surface area contributed by atoms with E-state index in [9.17, 15) is 9.18 Å². The number of aliphatic carboxylic acids is 1. The highest BCUT2D eigenvalue weighted by Crippen LogP contribution is 2.29. The largest absolute Gasteiger partial charge is 0.489 e. The molecule has 0 spiro atoms. The van der Waals surface area contributed by atoms with E-state index >= 15 is 0 Å². The average Bonchev–Trinajstić information content (AvgIpc) is 3.34. The van der Waals surface area contributed by atoms with E-state index in [1.165, 1.54) is 12.1 Å². The number of carboxylic acids is 1. The lowest BCUT2D eigenvalue weighted by atomic mass is 10.1. The first kappa shape index (κ1) is 19.2. The van der Waals surface area contributed by atoms with Crippen LogP contribution in [0.5, 0.6) is 5.75 Å². The van der Waals surface area contributed by atoms with Gasteiger partial charge >= 0.3 is 11.9 Å². The number of rotatable bonds is 6. The number of anilines is 1. The molecule has 1 aromatic carbocycles. The summed E-state index contributed by atoms with van der Waals surface area (Å²) in [6.07, 6.45) is 1.33. The van der Waals surface area contributed by atoms with Crippen LogP contribution in [0, 0.1) is 5.82 Å². The number of carbonyl (C=O) groups is 1. The van der Waals surface area contributed by atoms with Crippen LogP contribution in [0.25, 0.3) is 11.7 Å². The number of hydrogen-bond donors (Lipinski definition) is 1. The zero-order chi connectivity index (χ0) is 20.4. The second-order valence-electron chi connectivity index (χ2n) is 6.32. The Hall–Kier alpha value is -3.09. The molecule has 0 bridgehead atoms. The summed E-state index contributed by atoms with van der Waals surface area (Å²) in [4.78, 5) is 17.8. The van der Waals surface area contributed by atoms with E-state index in [0.717, 1.165) is 4.80 Å². The molecule has 1 saturated heterocycles. The number of hydrogen-bond acceptors (Lipinski definition) is 9. The number of tetrazole rings is 1.